The van der Waals surface area contributed by atoms with Gasteiger partial charge in [0.25, 0.3) is 0 Å². The smallest absolute Gasteiger partial charge is 0.205 e. The summed E-state index contributed by atoms with van der Waals surface area (Å²) in [6.45, 7) is 0.998. The number of sulfone groups is 1. The lowest BCUT2D eigenvalue weighted by atomic mass is 9.80. The summed E-state index contributed by atoms with van der Waals surface area (Å²) in [5.74, 6) is 2.45. The van der Waals surface area contributed by atoms with Gasteiger partial charge >= 0.3 is 0 Å². The van der Waals surface area contributed by atoms with Crippen molar-refractivity contribution in [1.82, 2.24) is 9.36 Å². The zero-order valence-electron chi connectivity index (χ0n) is 11.4. The third kappa shape index (κ3) is 2.24. The monoisotopic (exact) mass is 313 g/mol. The van der Waals surface area contributed by atoms with Crippen molar-refractivity contribution < 1.29 is 8.42 Å². The summed E-state index contributed by atoms with van der Waals surface area (Å²) in [4.78, 5) is 7.00. The molecule has 0 bridgehead atoms. The molecule has 0 aromatic carbocycles. The Labute approximate surface area is 123 Å². The highest BCUT2D eigenvalue weighted by Crippen LogP contribution is 2.44. The lowest BCUT2D eigenvalue weighted by molar-refractivity contribution is 0.248. The summed E-state index contributed by atoms with van der Waals surface area (Å²) in [5.41, 5.74) is 0.0572. The first-order valence-corrected chi connectivity index (χ1v) is 9.97. The van der Waals surface area contributed by atoms with Gasteiger partial charge in [-0.05, 0) is 38.0 Å². The number of hydrogen-bond acceptors (Lipinski definition) is 6. The lowest BCUT2D eigenvalue weighted by Gasteiger charge is -2.54. The molecule has 4 rings (SSSR count). The van der Waals surface area contributed by atoms with E-state index in [1.165, 1.54) is 24.4 Å². The summed E-state index contributed by atoms with van der Waals surface area (Å²) in [6, 6.07) is 0. The Morgan fingerprint density at radius 2 is 2.00 bits per heavy atom. The van der Waals surface area contributed by atoms with Gasteiger partial charge in [0.05, 0.1) is 11.5 Å². The van der Waals surface area contributed by atoms with Crippen LogP contribution in [0.25, 0.3) is 0 Å². The standard InChI is InChI=1S/C13H19N3O2S2/c17-20(18)7-4-13(5-8-20)3-6-16(13)12-14-11(15-19-12)9-10-1-2-10/h10H,1-9H2. The van der Waals surface area contributed by atoms with Crippen molar-refractivity contribution in [3.05, 3.63) is 5.82 Å². The number of rotatable bonds is 3. The average Bonchev–Trinajstić information content (AvgIpc) is 3.08. The van der Waals surface area contributed by atoms with Gasteiger partial charge in [0.1, 0.15) is 15.7 Å². The molecule has 0 amide bonds. The van der Waals surface area contributed by atoms with Gasteiger partial charge in [0, 0.05) is 30.0 Å². The zero-order chi connectivity index (χ0) is 13.8. The molecule has 3 fully saturated rings. The molecule has 1 saturated carbocycles. The summed E-state index contributed by atoms with van der Waals surface area (Å²) < 4.78 is 27.7. The van der Waals surface area contributed by atoms with Crippen molar-refractivity contribution >= 4 is 26.5 Å². The summed E-state index contributed by atoms with van der Waals surface area (Å²) in [6.07, 6.45) is 6.27. The second-order valence-electron chi connectivity index (χ2n) is 6.42. The van der Waals surface area contributed by atoms with Gasteiger partial charge < -0.3 is 4.90 Å². The van der Waals surface area contributed by atoms with Crippen molar-refractivity contribution in [2.45, 2.75) is 44.1 Å². The van der Waals surface area contributed by atoms with E-state index in [1.807, 2.05) is 0 Å². The van der Waals surface area contributed by atoms with Gasteiger partial charge in [0.2, 0.25) is 5.13 Å². The minimum atomic E-state index is -2.80. The van der Waals surface area contributed by atoms with Crippen LogP contribution in [-0.4, -0.2) is 41.4 Å². The molecule has 0 unspecified atom stereocenters. The number of anilines is 1. The third-order valence-electron chi connectivity index (χ3n) is 4.99. The van der Waals surface area contributed by atoms with E-state index in [0.717, 1.165) is 49.1 Å². The summed E-state index contributed by atoms with van der Waals surface area (Å²) in [7, 11) is -2.80. The largest absolute Gasteiger partial charge is 0.341 e. The van der Waals surface area contributed by atoms with E-state index in [9.17, 15) is 8.42 Å². The van der Waals surface area contributed by atoms with Crippen LogP contribution >= 0.6 is 11.5 Å². The molecule has 2 aliphatic heterocycles. The molecule has 1 aliphatic carbocycles. The van der Waals surface area contributed by atoms with Crippen LogP contribution in [-0.2, 0) is 16.3 Å². The van der Waals surface area contributed by atoms with Crippen LogP contribution in [0.15, 0.2) is 0 Å². The molecule has 2 saturated heterocycles. The van der Waals surface area contributed by atoms with Crippen molar-refractivity contribution in [3.8, 4) is 0 Å². The van der Waals surface area contributed by atoms with Gasteiger partial charge in [0.15, 0.2) is 0 Å². The first-order valence-electron chi connectivity index (χ1n) is 7.37. The molecular weight excluding hydrogens is 294 g/mol. The highest BCUT2D eigenvalue weighted by atomic mass is 32.2. The second-order valence-corrected chi connectivity index (χ2v) is 9.45. The fourth-order valence-corrected chi connectivity index (χ4v) is 5.71. The van der Waals surface area contributed by atoms with Gasteiger partial charge in [-0.1, -0.05) is 0 Å². The molecule has 1 aromatic heterocycles. The number of aromatic nitrogens is 2. The van der Waals surface area contributed by atoms with E-state index in [-0.39, 0.29) is 5.54 Å². The molecule has 5 nitrogen and oxygen atoms in total. The normalized spacial score (nSPS) is 27.5. The Morgan fingerprint density at radius 3 is 2.60 bits per heavy atom. The van der Waals surface area contributed by atoms with Crippen LogP contribution in [0.5, 0.6) is 0 Å². The summed E-state index contributed by atoms with van der Waals surface area (Å²) in [5, 5.41) is 1.01. The third-order valence-corrected chi connectivity index (χ3v) is 7.42. The van der Waals surface area contributed by atoms with Crippen LogP contribution in [0.1, 0.15) is 37.9 Å². The fourth-order valence-electron chi connectivity index (χ4n) is 3.29. The number of hydrogen-bond donors (Lipinski definition) is 0. The van der Waals surface area contributed by atoms with E-state index >= 15 is 0 Å². The van der Waals surface area contributed by atoms with E-state index < -0.39 is 9.84 Å². The topological polar surface area (TPSA) is 63.2 Å². The fraction of sp³-hybridized carbons (Fsp3) is 0.846. The first kappa shape index (κ1) is 13.0. The van der Waals surface area contributed by atoms with Crippen molar-refractivity contribution in [3.63, 3.8) is 0 Å². The maximum Gasteiger partial charge on any atom is 0.205 e. The van der Waals surface area contributed by atoms with E-state index in [1.54, 1.807) is 0 Å². The predicted octanol–water partition coefficient (Wildman–Crippen LogP) is 1.65. The lowest BCUT2D eigenvalue weighted by Crippen LogP contribution is -2.63. The molecule has 0 radical (unpaired) electrons. The Hall–Kier alpha value is -0.690. The molecular formula is C13H19N3O2S2. The molecule has 0 atom stereocenters. The Morgan fingerprint density at radius 1 is 1.25 bits per heavy atom. The van der Waals surface area contributed by atoms with Gasteiger partial charge in [-0.3, -0.25) is 0 Å². The summed E-state index contributed by atoms with van der Waals surface area (Å²) >= 11 is 1.49. The van der Waals surface area contributed by atoms with Crippen LogP contribution in [0.3, 0.4) is 0 Å². The first-order chi connectivity index (χ1) is 9.56. The average molecular weight is 313 g/mol. The predicted molar refractivity (Wildman–Crippen MR) is 78.9 cm³/mol. The van der Waals surface area contributed by atoms with Crippen LogP contribution in [0.4, 0.5) is 5.13 Å². The minimum absolute atomic E-state index is 0.0572. The SMILES string of the molecule is O=S1(=O)CCC2(CCN2c2nc(CC3CC3)ns2)CC1. The van der Waals surface area contributed by atoms with Crippen molar-refractivity contribution in [1.29, 1.82) is 0 Å². The molecule has 1 spiro atoms. The number of nitrogens with zero attached hydrogens (tertiary/aromatic N) is 3. The van der Waals surface area contributed by atoms with E-state index in [4.69, 9.17) is 0 Å². The molecule has 7 heteroatoms. The van der Waals surface area contributed by atoms with Crippen LogP contribution in [0, 0.1) is 5.92 Å². The molecule has 110 valence electrons. The maximum absolute atomic E-state index is 11.6. The molecule has 20 heavy (non-hydrogen) atoms. The Bertz CT molecular complexity index is 607. The minimum Gasteiger partial charge on any atom is -0.341 e. The van der Waals surface area contributed by atoms with Crippen LogP contribution in [0.2, 0.25) is 0 Å². The maximum atomic E-state index is 11.6. The Kier molecular flexibility index (Phi) is 2.86. The van der Waals surface area contributed by atoms with Crippen molar-refractivity contribution in [2.24, 2.45) is 5.92 Å². The van der Waals surface area contributed by atoms with Crippen molar-refractivity contribution in [2.75, 3.05) is 23.0 Å². The van der Waals surface area contributed by atoms with Gasteiger partial charge in [-0.25, -0.2) is 13.4 Å². The highest BCUT2D eigenvalue weighted by Gasteiger charge is 2.49. The van der Waals surface area contributed by atoms with E-state index in [2.05, 4.69) is 14.3 Å². The van der Waals surface area contributed by atoms with Gasteiger partial charge in [-0.15, -0.1) is 0 Å². The molecule has 0 N–H and O–H groups in total. The highest BCUT2D eigenvalue weighted by molar-refractivity contribution is 7.91. The second kappa shape index (κ2) is 4.40. The van der Waals surface area contributed by atoms with Crippen LogP contribution < -0.4 is 4.90 Å². The molecule has 3 heterocycles. The van der Waals surface area contributed by atoms with E-state index in [0.29, 0.717) is 11.5 Å². The van der Waals surface area contributed by atoms with Gasteiger partial charge in [-0.2, -0.15) is 4.37 Å². The molecule has 1 aromatic rings. The zero-order valence-corrected chi connectivity index (χ0v) is 13.0. The molecule has 3 aliphatic rings. The quantitative estimate of drug-likeness (QED) is 0.849. The Balaban J connectivity index is 1.49.